The zero-order valence-corrected chi connectivity index (χ0v) is 22.8. The van der Waals surface area contributed by atoms with Crippen LogP contribution in [0.15, 0.2) is 48.8 Å². The second-order valence-electron chi connectivity index (χ2n) is 10.0. The first kappa shape index (κ1) is 26.6. The molecule has 6 rings (SSSR count). The van der Waals surface area contributed by atoms with E-state index in [-0.39, 0.29) is 11.5 Å². The number of phenols is 1. The quantitative estimate of drug-likeness (QED) is 0.301. The summed E-state index contributed by atoms with van der Waals surface area (Å²) in [6.45, 7) is 2.71. The maximum absolute atomic E-state index is 12.7. The molecule has 2 aromatic heterocycles. The number of aryl methyl sites for hydroxylation is 2. The predicted molar refractivity (Wildman–Crippen MR) is 147 cm³/mol. The molecule has 2 aromatic carbocycles. The number of anilines is 1. The van der Waals surface area contributed by atoms with Gasteiger partial charge in [-0.1, -0.05) is 24.3 Å². The Morgan fingerprint density at radius 2 is 1.73 bits per heavy atom. The van der Waals surface area contributed by atoms with Gasteiger partial charge in [0, 0.05) is 36.6 Å². The van der Waals surface area contributed by atoms with Crippen LogP contribution in [0.5, 0.6) is 17.2 Å². The molecule has 1 aliphatic carbocycles. The lowest BCUT2D eigenvalue weighted by Crippen LogP contribution is -2.48. The van der Waals surface area contributed by atoms with E-state index < -0.39 is 12.4 Å². The number of fused-ring (bicyclic) bond motifs is 3. The second-order valence-corrected chi connectivity index (χ2v) is 11.1. The van der Waals surface area contributed by atoms with Gasteiger partial charge >= 0.3 is 6.36 Å². The van der Waals surface area contributed by atoms with E-state index in [0.717, 1.165) is 29.1 Å². The normalized spacial score (nSPS) is 17.1. The van der Waals surface area contributed by atoms with Crippen molar-refractivity contribution < 1.29 is 27.8 Å². The molecule has 1 saturated heterocycles. The van der Waals surface area contributed by atoms with Gasteiger partial charge in [0.25, 0.3) is 0 Å². The van der Waals surface area contributed by atoms with Gasteiger partial charge in [0.15, 0.2) is 11.5 Å². The van der Waals surface area contributed by atoms with Crippen molar-refractivity contribution in [2.45, 2.75) is 38.1 Å². The van der Waals surface area contributed by atoms with Gasteiger partial charge in [-0.05, 0) is 55.0 Å². The maximum atomic E-state index is 12.7. The lowest BCUT2D eigenvalue weighted by atomic mass is 9.95. The number of hydrogen-bond acceptors (Lipinski definition) is 8. The molecule has 0 radical (unpaired) electrons. The Morgan fingerprint density at radius 3 is 2.45 bits per heavy atom. The lowest BCUT2D eigenvalue weighted by Gasteiger charge is -2.40. The van der Waals surface area contributed by atoms with Gasteiger partial charge < -0.3 is 19.5 Å². The van der Waals surface area contributed by atoms with Crippen LogP contribution in [0.1, 0.15) is 40.5 Å². The summed E-state index contributed by atoms with van der Waals surface area (Å²) in [5.74, 6) is 1.03. The van der Waals surface area contributed by atoms with Crippen LogP contribution >= 0.6 is 11.3 Å². The molecule has 7 nitrogen and oxygen atoms in total. The number of rotatable bonds is 6. The molecule has 1 fully saturated rings. The zero-order valence-electron chi connectivity index (χ0n) is 21.9. The van der Waals surface area contributed by atoms with Gasteiger partial charge in [-0.15, -0.1) is 24.5 Å². The molecule has 1 N–H and O–H groups in total. The third-order valence-electron chi connectivity index (χ3n) is 7.68. The van der Waals surface area contributed by atoms with Crippen molar-refractivity contribution in [3.8, 4) is 17.2 Å². The van der Waals surface area contributed by atoms with E-state index in [1.807, 2.05) is 6.07 Å². The monoisotopic (exact) mass is 570 g/mol. The summed E-state index contributed by atoms with van der Waals surface area (Å²) in [5, 5.41) is 12.2. The molecule has 0 bridgehead atoms. The van der Waals surface area contributed by atoms with Gasteiger partial charge in [0.05, 0.1) is 18.5 Å². The summed E-state index contributed by atoms with van der Waals surface area (Å²) in [4.78, 5) is 16.3. The maximum Gasteiger partial charge on any atom is 0.573 e. The Bertz CT molecular complexity index is 1500. The highest BCUT2D eigenvalue weighted by Crippen LogP contribution is 2.42. The molecule has 3 heterocycles. The Balaban J connectivity index is 1.30. The van der Waals surface area contributed by atoms with Crippen molar-refractivity contribution in [2.75, 3.05) is 38.2 Å². The van der Waals surface area contributed by atoms with E-state index in [9.17, 15) is 18.3 Å². The highest BCUT2D eigenvalue weighted by molar-refractivity contribution is 7.19. The number of hydrogen-bond donors (Lipinski definition) is 1. The van der Waals surface area contributed by atoms with Crippen LogP contribution in [0.4, 0.5) is 19.0 Å². The third kappa shape index (κ3) is 5.15. The van der Waals surface area contributed by atoms with Gasteiger partial charge in [0.1, 0.15) is 22.7 Å². The molecule has 0 saturated carbocycles. The number of ether oxygens (including phenoxy) is 2. The first-order valence-corrected chi connectivity index (χ1v) is 14.1. The third-order valence-corrected chi connectivity index (χ3v) is 8.88. The molecule has 4 aromatic rings. The number of para-hydroxylation sites is 1. The SMILES string of the molecule is COc1cccc(C(c2ccc(OC(F)(F)F)cc2)N2CCN(c3ncnc4sc5c(c34)CCCC5)CC2)c1O. The fraction of sp³-hybridized carbons (Fsp3) is 0.379. The number of alkyl halides is 3. The number of thiophene rings is 1. The molecular weight excluding hydrogens is 541 g/mol. The average Bonchev–Trinajstić information content (AvgIpc) is 3.34. The molecule has 0 spiro atoms. The lowest BCUT2D eigenvalue weighted by molar-refractivity contribution is -0.274. The van der Waals surface area contributed by atoms with E-state index in [0.29, 0.717) is 37.5 Å². The average molecular weight is 571 g/mol. The van der Waals surface area contributed by atoms with Crippen molar-refractivity contribution in [1.82, 2.24) is 14.9 Å². The summed E-state index contributed by atoms with van der Waals surface area (Å²) >= 11 is 1.78. The number of halogens is 3. The Hall–Kier alpha value is -3.57. The van der Waals surface area contributed by atoms with Crippen molar-refractivity contribution >= 4 is 27.4 Å². The van der Waals surface area contributed by atoms with E-state index in [4.69, 9.17) is 9.72 Å². The number of aromatic hydroxyl groups is 1. The summed E-state index contributed by atoms with van der Waals surface area (Å²) in [7, 11) is 1.49. The Morgan fingerprint density at radius 1 is 0.975 bits per heavy atom. The fourth-order valence-corrected chi connectivity index (χ4v) is 7.09. The van der Waals surface area contributed by atoms with E-state index in [2.05, 4.69) is 19.5 Å². The molecule has 11 heteroatoms. The highest BCUT2D eigenvalue weighted by atomic mass is 32.1. The molecular formula is C29H29F3N4O3S. The number of benzene rings is 2. The Labute approximate surface area is 233 Å². The van der Waals surface area contributed by atoms with Gasteiger partial charge in [-0.3, -0.25) is 4.90 Å². The van der Waals surface area contributed by atoms with Crippen LogP contribution < -0.4 is 14.4 Å². The molecule has 1 unspecified atom stereocenters. The summed E-state index contributed by atoms with van der Waals surface area (Å²) in [5.41, 5.74) is 2.75. The van der Waals surface area contributed by atoms with Gasteiger partial charge in [0.2, 0.25) is 0 Å². The van der Waals surface area contributed by atoms with Crippen LogP contribution in [0.3, 0.4) is 0 Å². The van der Waals surface area contributed by atoms with Crippen LogP contribution in [-0.2, 0) is 12.8 Å². The highest BCUT2D eigenvalue weighted by Gasteiger charge is 2.33. The predicted octanol–water partition coefficient (Wildman–Crippen LogP) is 6.09. The Kier molecular flexibility index (Phi) is 7.18. The van der Waals surface area contributed by atoms with E-state index in [1.54, 1.807) is 41.9 Å². The summed E-state index contributed by atoms with van der Waals surface area (Å²) in [6.07, 6.45) is 1.43. The van der Waals surface area contributed by atoms with Gasteiger partial charge in [-0.2, -0.15) is 0 Å². The molecule has 2 aliphatic rings. The van der Waals surface area contributed by atoms with E-state index >= 15 is 0 Å². The first-order chi connectivity index (χ1) is 19.3. The standard InChI is InChI=1S/C29H29F3N4O3S/c1-38-22-7-4-6-21(26(22)37)25(18-9-11-19(12-10-18)39-29(30,31)32)35-13-15-36(16-14-35)27-24-20-5-2-3-8-23(20)40-28(24)34-17-33-27/h4,6-7,9-12,17,25,37H,2-3,5,8,13-16H2,1H3. The number of aromatic nitrogens is 2. The largest absolute Gasteiger partial charge is 0.573 e. The minimum absolute atomic E-state index is 0.00968. The topological polar surface area (TPSA) is 71.0 Å². The van der Waals surface area contributed by atoms with Crippen LogP contribution in [0.25, 0.3) is 10.2 Å². The molecule has 0 amide bonds. The van der Waals surface area contributed by atoms with Crippen molar-refractivity contribution in [3.05, 3.63) is 70.4 Å². The zero-order chi connectivity index (χ0) is 27.9. The van der Waals surface area contributed by atoms with Crippen LogP contribution in [0.2, 0.25) is 0 Å². The van der Waals surface area contributed by atoms with Crippen molar-refractivity contribution in [3.63, 3.8) is 0 Å². The van der Waals surface area contributed by atoms with E-state index in [1.165, 1.54) is 47.9 Å². The van der Waals surface area contributed by atoms with Crippen molar-refractivity contribution in [2.24, 2.45) is 0 Å². The number of phenolic OH excluding ortho intramolecular Hbond substituents is 1. The minimum Gasteiger partial charge on any atom is -0.504 e. The minimum atomic E-state index is -4.77. The molecule has 210 valence electrons. The van der Waals surface area contributed by atoms with Gasteiger partial charge in [-0.25, -0.2) is 9.97 Å². The summed E-state index contributed by atoms with van der Waals surface area (Å²) in [6, 6.07) is 10.7. The van der Waals surface area contributed by atoms with Crippen LogP contribution in [0, 0.1) is 0 Å². The summed E-state index contributed by atoms with van der Waals surface area (Å²) < 4.78 is 47.7. The fourth-order valence-electron chi connectivity index (χ4n) is 5.87. The number of methoxy groups -OCH3 is 1. The molecule has 40 heavy (non-hydrogen) atoms. The molecule has 1 aliphatic heterocycles. The number of nitrogens with zero attached hydrogens (tertiary/aromatic N) is 4. The number of piperazine rings is 1. The first-order valence-electron chi connectivity index (χ1n) is 13.3. The van der Waals surface area contributed by atoms with Crippen LogP contribution in [-0.4, -0.2) is 59.6 Å². The molecule has 1 atom stereocenters. The van der Waals surface area contributed by atoms with Crippen molar-refractivity contribution in [1.29, 1.82) is 0 Å². The second kappa shape index (κ2) is 10.8. The smallest absolute Gasteiger partial charge is 0.504 e.